The van der Waals surface area contributed by atoms with E-state index in [1.54, 1.807) is 0 Å². The number of nitrogens with two attached hydrogens (primary N) is 1. The van der Waals surface area contributed by atoms with Crippen molar-refractivity contribution in [3.63, 3.8) is 0 Å². The zero-order valence-electron chi connectivity index (χ0n) is 11.6. The summed E-state index contributed by atoms with van der Waals surface area (Å²) in [7, 11) is 0. The predicted molar refractivity (Wildman–Crippen MR) is 73.4 cm³/mol. The van der Waals surface area contributed by atoms with Crippen molar-refractivity contribution >= 4 is 11.4 Å². The summed E-state index contributed by atoms with van der Waals surface area (Å²) < 4.78 is 43.8. The predicted octanol–water partition coefficient (Wildman–Crippen LogP) is 1.91. The standard InChI is InChI=1S/C15H15F3N2O2/c16-15(17,18)10-3-1-2-8(6-10)11-12(21)13(22-14(11)19)9-4-5-20-7-9/h1-3,6,9,13,20H,4-5,7,19H2. The minimum atomic E-state index is -4.47. The summed E-state index contributed by atoms with van der Waals surface area (Å²) >= 11 is 0. The molecule has 1 saturated heterocycles. The molecule has 0 aromatic heterocycles. The van der Waals surface area contributed by atoms with Gasteiger partial charge in [0.15, 0.2) is 12.0 Å². The molecule has 3 rings (SSSR count). The van der Waals surface area contributed by atoms with Crippen LogP contribution in [0.4, 0.5) is 13.2 Å². The topological polar surface area (TPSA) is 64.4 Å². The highest BCUT2D eigenvalue weighted by Gasteiger charge is 2.41. The molecule has 2 atom stereocenters. The van der Waals surface area contributed by atoms with Crippen LogP contribution in [0.3, 0.4) is 0 Å². The fraction of sp³-hybridized carbons (Fsp3) is 0.400. The third-order valence-electron chi connectivity index (χ3n) is 4.01. The molecule has 0 bridgehead atoms. The minimum Gasteiger partial charge on any atom is -0.467 e. The van der Waals surface area contributed by atoms with Crippen LogP contribution in [-0.2, 0) is 15.7 Å². The number of carbonyl (C=O) groups excluding carboxylic acids is 1. The number of ether oxygens (including phenoxy) is 1. The normalized spacial score (nSPS) is 25.7. The van der Waals surface area contributed by atoms with E-state index in [1.807, 2.05) is 0 Å². The second-order valence-electron chi connectivity index (χ2n) is 5.47. The minimum absolute atomic E-state index is 0.00523. The Labute approximate surface area is 125 Å². The first-order valence-corrected chi connectivity index (χ1v) is 6.97. The molecule has 1 aromatic rings. The number of halogens is 3. The Hall–Kier alpha value is -2.02. The Morgan fingerprint density at radius 1 is 1.32 bits per heavy atom. The number of Topliss-reactive ketones (excluding diaryl/α,β-unsaturated/α-hetero) is 1. The Kier molecular flexibility index (Phi) is 3.60. The van der Waals surface area contributed by atoms with E-state index in [0.29, 0.717) is 6.54 Å². The van der Waals surface area contributed by atoms with E-state index in [9.17, 15) is 18.0 Å². The molecule has 2 aliphatic heterocycles. The van der Waals surface area contributed by atoms with Crippen molar-refractivity contribution in [2.45, 2.75) is 18.7 Å². The summed E-state index contributed by atoms with van der Waals surface area (Å²) in [5.74, 6) is -0.443. The van der Waals surface area contributed by atoms with Crippen molar-refractivity contribution in [3.05, 3.63) is 41.3 Å². The highest BCUT2D eigenvalue weighted by atomic mass is 19.4. The highest BCUT2D eigenvalue weighted by molar-refractivity contribution is 6.25. The SMILES string of the molecule is NC1=C(c2cccc(C(F)(F)F)c2)C(=O)C(C2CCNC2)O1. The Bertz CT molecular complexity index is 634. The molecule has 2 heterocycles. The summed E-state index contributed by atoms with van der Waals surface area (Å²) in [6, 6.07) is 4.59. The van der Waals surface area contributed by atoms with Crippen LogP contribution >= 0.6 is 0 Å². The maximum atomic E-state index is 12.8. The third-order valence-corrected chi connectivity index (χ3v) is 4.01. The van der Waals surface area contributed by atoms with Crippen LogP contribution in [0.1, 0.15) is 17.5 Å². The molecule has 7 heteroatoms. The van der Waals surface area contributed by atoms with Crippen molar-refractivity contribution in [1.29, 1.82) is 0 Å². The van der Waals surface area contributed by atoms with Gasteiger partial charge in [-0.2, -0.15) is 13.2 Å². The summed E-state index contributed by atoms with van der Waals surface area (Å²) in [5, 5.41) is 3.13. The van der Waals surface area contributed by atoms with Crippen LogP contribution in [0.2, 0.25) is 0 Å². The van der Waals surface area contributed by atoms with E-state index in [4.69, 9.17) is 10.5 Å². The molecule has 3 N–H and O–H groups in total. The quantitative estimate of drug-likeness (QED) is 0.875. The Morgan fingerprint density at radius 3 is 2.73 bits per heavy atom. The molecule has 118 valence electrons. The summed E-state index contributed by atoms with van der Waals surface area (Å²) in [6.07, 6.45) is -4.40. The van der Waals surface area contributed by atoms with Gasteiger partial charge in [0, 0.05) is 12.5 Å². The largest absolute Gasteiger partial charge is 0.467 e. The van der Waals surface area contributed by atoms with E-state index in [0.717, 1.165) is 25.1 Å². The van der Waals surface area contributed by atoms with E-state index >= 15 is 0 Å². The number of benzene rings is 1. The summed E-state index contributed by atoms with van der Waals surface area (Å²) in [4.78, 5) is 12.5. The number of carbonyl (C=O) groups is 1. The van der Waals surface area contributed by atoms with Gasteiger partial charge in [-0.05, 0) is 30.7 Å². The van der Waals surface area contributed by atoms with Gasteiger partial charge in [-0.3, -0.25) is 4.79 Å². The van der Waals surface area contributed by atoms with Crippen LogP contribution < -0.4 is 11.1 Å². The van der Waals surface area contributed by atoms with E-state index in [1.165, 1.54) is 12.1 Å². The number of hydrogen-bond acceptors (Lipinski definition) is 4. The van der Waals surface area contributed by atoms with Crippen molar-refractivity contribution in [2.75, 3.05) is 13.1 Å². The van der Waals surface area contributed by atoms with Crippen molar-refractivity contribution in [2.24, 2.45) is 11.7 Å². The lowest BCUT2D eigenvalue weighted by molar-refractivity contribution is -0.137. The molecule has 2 unspecified atom stereocenters. The first-order chi connectivity index (χ1) is 10.4. The number of hydrogen-bond donors (Lipinski definition) is 2. The van der Waals surface area contributed by atoms with Crippen molar-refractivity contribution in [3.8, 4) is 0 Å². The molecule has 0 saturated carbocycles. The second kappa shape index (κ2) is 5.31. The van der Waals surface area contributed by atoms with Gasteiger partial charge in [0.1, 0.15) is 0 Å². The van der Waals surface area contributed by atoms with Crippen LogP contribution in [0, 0.1) is 5.92 Å². The monoisotopic (exact) mass is 312 g/mol. The lowest BCUT2D eigenvalue weighted by Crippen LogP contribution is -2.30. The van der Waals surface area contributed by atoms with Crippen LogP contribution in [-0.4, -0.2) is 25.0 Å². The lowest BCUT2D eigenvalue weighted by atomic mass is 9.92. The molecule has 1 aromatic carbocycles. The zero-order chi connectivity index (χ0) is 15.9. The molecular weight excluding hydrogens is 297 g/mol. The summed E-state index contributed by atoms with van der Waals surface area (Å²) in [6.45, 7) is 1.43. The lowest BCUT2D eigenvalue weighted by Gasteiger charge is -2.16. The van der Waals surface area contributed by atoms with Gasteiger partial charge in [0.2, 0.25) is 5.78 Å². The second-order valence-corrected chi connectivity index (χ2v) is 5.47. The first-order valence-electron chi connectivity index (χ1n) is 6.97. The van der Waals surface area contributed by atoms with Gasteiger partial charge in [-0.15, -0.1) is 0 Å². The van der Waals surface area contributed by atoms with Crippen LogP contribution in [0.5, 0.6) is 0 Å². The maximum absolute atomic E-state index is 12.8. The van der Waals surface area contributed by atoms with Crippen LogP contribution in [0.25, 0.3) is 5.57 Å². The zero-order valence-corrected chi connectivity index (χ0v) is 11.6. The van der Waals surface area contributed by atoms with Gasteiger partial charge < -0.3 is 15.8 Å². The molecule has 0 spiro atoms. The first kappa shape index (κ1) is 14.9. The number of nitrogens with one attached hydrogen (secondary N) is 1. The van der Waals surface area contributed by atoms with E-state index in [-0.39, 0.29) is 28.7 Å². The van der Waals surface area contributed by atoms with Crippen molar-refractivity contribution < 1.29 is 22.7 Å². The highest BCUT2D eigenvalue weighted by Crippen LogP contribution is 2.35. The molecule has 0 amide bonds. The fourth-order valence-electron chi connectivity index (χ4n) is 2.89. The van der Waals surface area contributed by atoms with Crippen LogP contribution in [0.15, 0.2) is 30.1 Å². The average molecular weight is 312 g/mol. The molecule has 0 aliphatic carbocycles. The molecule has 1 fully saturated rings. The van der Waals surface area contributed by atoms with Gasteiger partial charge in [-0.1, -0.05) is 12.1 Å². The van der Waals surface area contributed by atoms with E-state index in [2.05, 4.69) is 5.32 Å². The fourth-order valence-corrected chi connectivity index (χ4v) is 2.89. The molecule has 2 aliphatic rings. The smallest absolute Gasteiger partial charge is 0.416 e. The van der Waals surface area contributed by atoms with E-state index < -0.39 is 17.8 Å². The maximum Gasteiger partial charge on any atom is 0.416 e. The third kappa shape index (κ3) is 2.56. The number of alkyl halides is 3. The summed E-state index contributed by atoms with van der Waals surface area (Å²) in [5.41, 5.74) is 5.13. The molecule has 4 nitrogen and oxygen atoms in total. The molecular formula is C15H15F3N2O2. The Balaban J connectivity index is 1.91. The molecule has 0 radical (unpaired) electrons. The van der Waals surface area contributed by atoms with Gasteiger partial charge in [0.05, 0.1) is 11.1 Å². The Morgan fingerprint density at radius 2 is 2.09 bits per heavy atom. The van der Waals surface area contributed by atoms with Gasteiger partial charge in [-0.25, -0.2) is 0 Å². The number of ketones is 1. The van der Waals surface area contributed by atoms with Gasteiger partial charge >= 0.3 is 6.18 Å². The number of rotatable bonds is 2. The van der Waals surface area contributed by atoms with Crippen molar-refractivity contribution in [1.82, 2.24) is 5.32 Å². The van der Waals surface area contributed by atoms with Gasteiger partial charge in [0.25, 0.3) is 0 Å². The molecule has 22 heavy (non-hydrogen) atoms. The average Bonchev–Trinajstić information content (AvgIpc) is 3.06.